The average molecular weight is 539 g/mol. The molecule has 0 spiro atoms. The number of aliphatic carboxylic acids is 1. The van der Waals surface area contributed by atoms with Gasteiger partial charge in [-0.05, 0) is 62.4 Å². The molecule has 0 aliphatic rings. The van der Waals surface area contributed by atoms with Gasteiger partial charge in [0.1, 0.15) is 0 Å². The van der Waals surface area contributed by atoms with Gasteiger partial charge in [-0.3, -0.25) is 20.4 Å². The van der Waals surface area contributed by atoms with Crippen LogP contribution < -0.4 is 10.9 Å². The number of rotatable bonds is 8. The molecule has 0 heterocycles. The third-order valence-corrected chi connectivity index (χ3v) is 5.48. The predicted octanol–water partition coefficient (Wildman–Crippen LogP) is 3.25. The number of nitrogens with one attached hydrogen (secondary N) is 2. The maximum atomic E-state index is 13.0. The van der Waals surface area contributed by atoms with Gasteiger partial charge in [0.05, 0.1) is 11.1 Å². The molecule has 0 bridgehead atoms. The molecule has 0 aliphatic carbocycles. The number of hydrazine groups is 1. The van der Waals surface area contributed by atoms with Gasteiger partial charge in [-0.2, -0.15) is 0 Å². The van der Waals surface area contributed by atoms with Crippen LogP contribution in [0.2, 0.25) is 5.02 Å². The molecule has 3 aromatic rings. The number of halogens is 1. The highest BCUT2D eigenvalue weighted by molar-refractivity contribution is 6.30. The fraction of sp³-hybridized carbons (Fsp3) is 0.148. The van der Waals surface area contributed by atoms with Gasteiger partial charge in [-0.15, -0.1) is 0 Å². The van der Waals surface area contributed by atoms with Crippen molar-refractivity contribution in [3.63, 3.8) is 0 Å². The van der Waals surface area contributed by atoms with E-state index in [2.05, 4.69) is 5.43 Å². The van der Waals surface area contributed by atoms with Crippen molar-refractivity contribution >= 4 is 41.3 Å². The predicted molar refractivity (Wildman–Crippen MR) is 135 cm³/mol. The second-order valence-electron chi connectivity index (χ2n) is 8.17. The van der Waals surface area contributed by atoms with Gasteiger partial charge >= 0.3 is 17.9 Å². The van der Waals surface area contributed by atoms with Crippen molar-refractivity contribution in [2.24, 2.45) is 0 Å². The Morgan fingerprint density at radius 3 is 1.53 bits per heavy atom. The Morgan fingerprint density at radius 2 is 1.08 bits per heavy atom. The zero-order valence-electron chi connectivity index (χ0n) is 20.3. The van der Waals surface area contributed by atoms with Crippen molar-refractivity contribution < 1.29 is 38.6 Å². The van der Waals surface area contributed by atoms with Crippen molar-refractivity contribution in [3.8, 4) is 0 Å². The maximum absolute atomic E-state index is 13.0. The summed E-state index contributed by atoms with van der Waals surface area (Å²) < 4.78 is 10.3. The smallest absolute Gasteiger partial charge is 0.349 e. The van der Waals surface area contributed by atoms with Crippen LogP contribution in [0.4, 0.5) is 0 Å². The molecule has 0 aromatic heterocycles. The topological polar surface area (TPSA) is 148 Å². The standard InChI is InChI=1S/C27H23ClN2O8/c1-15-3-7-18(8-4-15)26(35)37-21(24(32)30-29-23(31)17-11-13-20(28)14-12-17)22(25(33)34)38-27(36)19-9-5-16(2)6-10-19/h3-14,21-22H,1-2H3,(H,29,31)(H,30,32)(H,33,34)/t21-,22+/m0/s1. The number of hydrogen-bond acceptors (Lipinski definition) is 7. The quantitative estimate of drug-likeness (QED) is 0.292. The van der Waals surface area contributed by atoms with Crippen molar-refractivity contribution in [2.45, 2.75) is 26.1 Å². The number of aryl methyl sites for hydroxylation is 2. The third kappa shape index (κ3) is 7.40. The van der Waals surface area contributed by atoms with E-state index in [9.17, 15) is 29.1 Å². The minimum absolute atomic E-state index is 0.0157. The van der Waals surface area contributed by atoms with E-state index >= 15 is 0 Å². The largest absolute Gasteiger partial charge is 0.478 e. The summed E-state index contributed by atoms with van der Waals surface area (Å²) in [6, 6.07) is 17.8. The first kappa shape index (κ1) is 27.9. The minimum Gasteiger partial charge on any atom is -0.478 e. The van der Waals surface area contributed by atoms with Crippen LogP contribution in [-0.2, 0) is 19.1 Å². The normalized spacial score (nSPS) is 12.0. The Balaban J connectivity index is 1.84. The molecular formula is C27H23ClN2O8. The third-order valence-electron chi connectivity index (χ3n) is 5.22. The monoisotopic (exact) mass is 538 g/mol. The Morgan fingerprint density at radius 1 is 0.658 bits per heavy atom. The Kier molecular flexibility index (Phi) is 9.18. The first-order valence-corrected chi connectivity index (χ1v) is 11.6. The lowest BCUT2D eigenvalue weighted by Gasteiger charge is -2.23. The van der Waals surface area contributed by atoms with Crippen LogP contribution in [0.3, 0.4) is 0 Å². The lowest BCUT2D eigenvalue weighted by Crippen LogP contribution is -2.54. The lowest BCUT2D eigenvalue weighted by molar-refractivity contribution is -0.159. The summed E-state index contributed by atoms with van der Waals surface area (Å²) in [5.41, 5.74) is 5.96. The average Bonchev–Trinajstić information content (AvgIpc) is 2.89. The molecule has 0 radical (unpaired) electrons. The highest BCUT2D eigenvalue weighted by Gasteiger charge is 2.41. The lowest BCUT2D eigenvalue weighted by atomic mass is 10.1. The van der Waals surface area contributed by atoms with E-state index in [0.29, 0.717) is 5.02 Å². The SMILES string of the molecule is Cc1ccc(C(=O)O[C@H](C(=O)NNC(=O)c2ccc(Cl)cc2)[C@@H](OC(=O)c2ccc(C)cc2)C(=O)O)cc1. The summed E-state index contributed by atoms with van der Waals surface area (Å²) >= 11 is 5.80. The van der Waals surface area contributed by atoms with E-state index in [1.165, 1.54) is 48.5 Å². The van der Waals surface area contributed by atoms with Crippen LogP contribution in [-0.4, -0.2) is 47.0 Å². The zero-order chi connectivity index (χ0) is 27.8. The fourth-order valence-electron chi connectivity index (χ4n) is 3.10. The molecule has 0 saturated heterocycles. The molecule has 2 atom stereocenters. The second kappa shape index (κ2) is 12.5. The highest BCUT2D eigenvalue weighted by atomic mass is 35.5. The number of carboxylic acid groups (broad SMARTS) is 1. The van der Waals surface area contributed by atoms with Gasteiger partial charge in [-0.25, -0.2) is 14.4 Å². The summed E-state index contributed by atoms with van der Waals surface area (Å²) in [4.78, 5) is 62.8. The number of carbonyl (C=O) groups excluding carboxylic acids is 4. The maximum Gasteiger partial charge on any atom is 0.349 e. The molecule has 10 nitrogen and oxygen atoms in total. The van der Waals surface area contributed by atoms with E-state index in [1.54, 1.807) is 38.1 Å². The Labute approximate surface area is 222 Å². The molecule has 2 amide bonds. The number of carboxylic acids is 1. The van der Waals surface area contributed by atoms with Gasteiger partial charge in [0.2, 0.25) is 12.2 Å². The summed E-state index contributed by atoms with van der Waals surface area (Å²) in [7, 11) is 0. The number of carbonyl (C=O) groups is 5. The van der Waals surface area contributed by atoms with E-state index in [4.69, 9.17) is 21.1 Å². The van der Waals surface area contributed by atoms with Crippen molar-refractivity contribution in [1.82, 2.24) is 10.9 Å². The number of amides is 2. The Hall–Kier alpha value is -4.70. The van der Waals surface area contributed by atoms with Crippen molar-refractivity contribution in [2.75, 3.05) is 0 Å². The highest BCUT2D eigenvalue weighted by Crippen LogP contribution is 2.15. The fourth-order valence-corrected chi connectivity index (χ4v) is 3.23. The summed E-state index contributed by atoms with van der Waals surface area (Å²) in [5.74, 6) is -5.89. The first-order chi connectivity index (χ1) is 18.0. The molecule has 3 aromatic carbocycles. The number of ether oxygens (including phenoxy) is 2. The molecule has 38 heavy (non-hydrogen) atoms. The zero-order valence-corrected chi connectivity index (χ0v) is 21.0. The molecular weight excluding hydrogens is 516 g/mol. The molecule has 0 saturated carbocycles. The molecule has 3 rings (SSSR count). The van der Waals surface area contributed by atoms with E-state index in [1.807, 2.05) is 5.43 Å². The van der Waals surface area contributed by atoms with Crippen LogP contribution in [0.25, 0.3) is 0 Å². The van der Waals surface area contributed by atoms with Gasteiger partial charge in [0, 0.05) is 10.6 Å². The van der Waals surface area contributed by atoms with Crippen LogP contribution >= 0.6 is 11.6 Å². The van der Waals surface area contributed by atoms with Gasteiger partial charge < -0.3 is 14.6 Å². The minimum atomic E-state index is -2.24. The van der Waals surface area contributed by atoms with E-state index in [0.717, 1.165) is 11.1 Å². The number of hydrogen-bond donors (Lipinski definition) is 3. The first-order valence-electron chi connectivity index (χ1n) is 11.2. The molecule has 11 heteroatoms. The molecule has 0 unspecified atom stereocenters. The second-order valence-corrected chi connectivity index (χ2v) is 8.61. The number of esters is 2. The van der Waals surface area contributed by atoms with Gasteiger partial charge in [0.15, 0.2) is 0 Å². The summed E-state index contributed by atoms with van der Waals surface area (Å²) in [5, 5.41) is 10.2. The number of benzene rings is 3. The van der Waals surface area contributed by atoms with Crippen LogP contribution in [0.5, 0.6) is 0 Å². The molecule has 3 N–H and O–H groups in total. The van der Waals surface area contributed by atoms with E-state index in [-0.39, 0.29) is 16.7 Å². The van der Waals surface area contributed by atoms with Gasteiger partial charge in [-0.1, -0.05) is 47.0 Å². The summed E-state index contributed by atoms with van der Waals surface area (Å²) in [6.07, 6.45) is -4.41. The van der Waals surface area contributed by atoms with Gasteiger partial charge in [0.25, 0.3) is 11.8 Å². The van der Waals surface area contributed by atoms with Crippen molar-refractivity contribution in [3.05, 3.63) is 106 Å². The van der Waals surface area contributed by atoms with Crippen LogP contribution in [0.15, 0.2) is 72.8 Å². The molecule has 0 aliphatic heterocycles. The Bertz CT molecular complexity index is 1340. The van der Waals surface area contributed by atoms with E-state index < -0.39 is 41.9 Å². The molecule has 0 fully saturated rings. The molecule has 196 valence electrons. The van der Waals surface area contributed by atoms with Crippen molar-refractivity contribution in [1.29, 1.82) is 0 Å². The van der Waals surface area contributed by atoms with Crippen LogP contribution in [0.1, 0.15) is 42.2 Å². The summed E-state index contributed by atoms with van der Waals surface area (Å²) in [6.45, 7) is 3.58. The van der Waals surface area contributed by atoms with Crippen LogP contribution in [0, 0.1) is 13.8 Å².